The maximum atomic E-state index is 11.9. The largest absolute Gasteiger partial charge is 0.492 e. The first-order valence-corrected chi connectivity index (χ1v) is 11.4. The molecule has 8 nitrogen and oxygen atoms in total. The zero-order valence-corrected chi connectivity index (χ0v) is 19.5. The number of hydrogen-bond acceptors (Lipinski definition) is 5. The van der Waals surface area contributed by atoms with E-state index in [0.717, 1.165) is 49.7 Å². The lowest BCUT2D eigenvalue weighted by atomic mass is 10.1. The van der Waals surface area contributed by atoms with E-state index in [1.165, 1.54) is 0 Å². The minimum absolute atomic E-state index is 0.221. The maximum absolute atomic E-state index is 11.9. The summed E-state index contributed by atoms with van der Waals surface area (Å²) >= 11 is 0. The first kappa shape index (κ1) is 24.8. The molecule has 2 rings (SSSR count). The fraction of sp³-hybridized carbons (Fsp3) is 0.652. The lowest BCUT2D eigenvalue weighted by Gasteiger charge is -2.32. The number of piperidine rings is 1. The predicted octanol–water partition coefficient (Wildman–Crippen LogP) is 2.69. The van der Waals surface area contributed by atoms with Crippen LogP contribution >= 0.6 is 0 Å². The average molecular weight is 434 g/mol. The molecule has 0 atom stereocenters. The zero-order valence-electron chi connectivity index (χ0n) is 19.5. The van der Waals surface area contributed by atoms with Crippen LogP contribution in [0.15, 0.2) is 29.3 Å². The van der Waals surface area contributed by atoms with Gasteiger partial charge in [0.25, 0.3) is 0 Å². The lowest BCUT2D eigenvalue weighted by Crippen LogP contribution is -2.49. The number of benzene rings is 1. The van der Waals surface area contributed by atoms with E-state index in [2.05, 4.69) is 40.4 Å². The summed E-state index contributed by atoms with van der Waals surface area (Å²) in [5.74, 6) is 1.66. The number of carbonyl (C=O) groups excluding carboxylic acids is 1. The first-order valence-electron chi connectivity index (χ1n) is 11.4. The smallest absolute Gasteiger partial charge is 0.409 e. The molecule has 1 aliphatic rings. The number of aliphatic imine (C=N–C) groups is 1. The molecule has 0 bridgehead atoms. The van der Waals surface area contributed by atoms with Crippen LogP contribution in [0.3, 0.4) is 0 Å². The van der Waals surface area contributed by atoms with Crippen molar-refractivity contribution >= 4 is 12.1 Å². The predicted molar refractivity (Wildman–Crippen MR) is 125 cm³/mol. The van der Waals surface area contributed by atoms with Gasteiger partial charge >= 0.3 is 6.09 Å². The van der Waals surface area contributed by atoms with E-state index in [0.29, 0.717) is 32.8 Å². The molecule has 0 aliphatic carbocycles. The second-order valence-corrected chi connectivity index (χ2v) is 7.51. The molecule has 1 amide bonds. The molecular weight excluding hydrogens is 394 g/mol. The number of ether oxygens (including phenoxy) is 2. The number of nitrogens with one attached hydrogen (secondary N) is 2. The summed E-state index contributed by atoms with van der Waals surface area (Å²) in [5, 5.41) is 6.87. The van der Waals surface area contributed by atoms with Gasteiger partial charge in [-0.2, -0.15) is 0 Å². The monoisotopic (exact) mass is 433 g/mol. The SMILES string of the molecule is CCOC(=O)N1CCC(NC(=NC)NCc2ccccc2OCCN(CC)CC)CC1. The molecule has 8 heteroatoms. The number of likely N-dealkylation sites (tertiary alicyclic amines) is 1. The van der Waals surface area contributed by atoms with Crippen LogP contribution in [0.5, 0.6) is 5.75 Å². The number of hydrogen-bond donors (Lipinski definition) is 2. The third-order valence-corrected chi connectivity index (χ3v) is 5.56. The van der Waals surface area contributed by atoms with Gasteiger partial charge < -0.3 is 29.9 Å². The van der Waals surface area contributed by atoms with Crippen LogP contribution in [0.1, 0.15) is 39.2 Å². The Bertz CT molecular complexity index is 686. The molecule has 174 valence electrons. The molecule has 1 heterocycles. The number of amides is 1. The Labute approximate surface area is 187 Å². The molecule has 1 aliphatic heterocycles. The van der Waals surface area contributed by atoms with Gasteiger partial charge in [0.2, 0.25) is 0 Å². The van der Waals surface area contributed by atoms with Crippen molar-refractivity contribution in [3.05, 3.63) is 29.8 Å². The molecular formula is C23H39N5O3. The fourth-order valence-corrected chi connectivity index (χ4v) is 3.60. The van der Waals surface area contributed by atoms with E-state index in [1.54, 1.807) is 11.9 Å². The first-order chi connectivity index (χ1) is 15.1. The highest BCUT2D eigenvalue weighted by atomic mass is 16.6. The van der Waals surface area contributed by atoms with Crippen molar-refractivity contribution in [2.75, 3.05) is 53.0 Å². The molecule has 0 saturated carbocycles. The summed E-state index contributed by atoms with van der Waals surface area (Å²) in [4.78, 5) is 20.3. The normalized spacial score (nSPS) is 15.1. The second kappa shape index (κ2) is 13.7. The summed E-state index contributed by atoms with van der Waals surface area (Å²) in [6, 6.07) is 8.39. The van der Waals surface area contributed by atoms with Gasteiger partial charge in [-0.25, -0.2) is 4.79 Å². The molecule has 0 unspecified atom stereocenters. The van der Waals surface area contributed by atoms with Crippen molar-refractivity contribution in [2.24, 2.45) is 4.99 Å². The van der Waals surface area contributed by atoms with Crippen molar-refractivity contribution in [3.8, 4) is 5.75 Å². The van der Waals surface area contributed by atoms with Gasteiger partial charge in [-0.15, -0.1) is 0 Å². The van der Waals surface area contributed by atoms with E-state index in [-0.39, 0.29) is 12.1 Å². The molecule has 0 aromatic heterocycles. The van der Waals surface area contributed by atoms with Crippen LogP contribution in [-0.2, 0) is 11.3 Å². The third kappa shape index (κ3) is 8.28. The summed E-state index contributed by atoms with van der Waals surface area (Å²) in [6.45, 7) is 12.2. The Balaban J connectivity index is 1.80. The molecule has 31 heavy (non-hydrogen) atoms. The van der Waals surface area contributed by atoms with Crippen molar-refractivity contribution in [3.63, 3.8) is 0 Å². The number of carbonyl (C=O) groups is 1. The lowest BCUT2D eigenvalue weighted by molar-refractivity contribution is 0.0963. The Morgan fingerprint density at radius 1 is 1.19 bits per heavy atom. The van der Waals surface area contributed by atoms with Gasteiger partial charge in [-0.3, -0.25) is 4.99 Å². The van der Waals surface area contributed by atoms with E-state index in [4.69, 9.17) is 9.47 Å². The summed E-state index contributed by atoms with van der Waals surface area (Å²) in [5.41, 5.74) is 1.10. The Kier molecular flexibility index (Phi) is 11.0. The number of para-hydroxylation sites is 1. The standard InChI is InChI=1S/C23H39N5O3/c1-5-27(6-2)16-17-31-21-11-9-8-10-19(21)18-25-22(24-4)26-20-12-14-28(15-13-20)23(29)30-7-3/h8-11,20H,5-7,12-18H2,1-4H3,(H2,24,25,26). The zero-order chi connectivity index (χ0) is 22.5. The molecule has 2 N–H and O–H groups in total. The minimum atomic E-state index is -0.221. The molecule has 1 fully saturated rings. The van der Waals surface area contributed by atoms with Crippen molar-refractivity contribution in [1.29, 1.82) is 0 Å². The topological polar surface area (TPSA) is 78.4 Å². The number of guanidine groups is 1. The number of nitrogens with zero attached hydrogens (tertiary/aromatic N) is 3. The van der Waals surface area contributed by atoms with Gasteiger partial charge in [0.15, 0.2) is 5.96 Å². The molecule has 1 saturated heterocycles. The number of likely N-dealkylation sites (N-methyl/N-ethyl adjacent to an activating group) is 1. The van der Waals surface area contributed by atoms with E-state index in [9.17, 15) is 4.79 Å². The van der Waals surface area contributed by atoms with Crippen LogP contribution in [0.4, 0.5) is 4.79 Å². The summed E-state index contributed by atoms with van der Waals surface area (Å²) in [6.07, 6.45) is 1.51. The maximum Gasteiger partial charge on any atom is 0.409 e. The van der Waals surface area contributed by atoms with Crippen molar-refractivity contribution in [2.45, 2.75) is 46.2 Å². The van der Waals surface area contributed by atoms with Crippen molar-refractivity contribution in [1.82, 2.24) is 20.4 Å². The Morgan fingerprint density at radius 2 is 1.90 bits per heavy atom. The fourth-order valence-electron chi connectivity index (χ4n) is 3.60. The van der Waals surface area contributed by atoms with Gasteiger partial charge in [0.1, 0.15) is 12.4 Å². The molecule has 0 spiro atoms. The summed E-state index contributed by atoms with van der Waals surface area (Å²) < 4.78 is 11.1. The van der Waals surface area contributed by atoms with E-state index < -0.39 is 0 Å². The third-order valence-electron chi connectivity index (χ3n) is 5.56. The van der Waals surface area contributed by atoms with Gasteiger partial charge in [0, 0.05) is 44.8 Å². The summed E-state index contributed by atoms with van der Waals surface area (Å²) in [7, 11) is 1.77. The highest BCUT2D eigenvalue weighted by Gasteiger charge is 2.24. The van der Waals surface area contributed by atoms with Gasteiger partial charge in [0.05, 0.1) is 6.61 Å². The molecule has 1 aromatic rings. The number of rotatable bonds is 10. The minimum Gasteiger partial charge on any atom is -0.492 e. The quantitative estimate of drug-likeness (QED) is 0.436. The highest BCUT2D eigenvalue weighted by Crippen LogP contribution is 2.18. The van der Waals surface area contributed by atoms with Crippen LogP contribution in [0.25, 0.3) is 0 Å². The average Bonchev–Trinajstić information content (AvgIpc) is 2.80. The second-order valence-electron chi connectivity index (χ2n) is 7.51. The van der Waals surface area contributed by atoms with Gasteiger partial charge in [-0.1, -0.05) is 32.0 Å². The van der Waals surface area contributed by atoms with Crippen LogP contribution in [-0.4, -0.2) is 80.9 Å². The molecule has 1 aromatic carbocycles. The Hall–Kier alpha value is -2.48. The van der Waals surface area contributed by atoms with Gasteiger partial charge in [-0.05, 0) is 38.9 Å². The van der Waals surface area contributed by atoms with E-state index >= 15 is 0 Å². The molecule has 0 radical (unpaired) electrons. The van der Waals surface area contributed by atoms with Crippen LogP contribution in [0.2, 0.25) is 0 Å². The Morgan fingerprint density at radius 3 is 2.55 bits per heavy atom. The van der Waals surface area contributed by atoms with Crippen LogP contribution in [0, 0.1) is 0 Å². The highest BCUT2D eigenvalue weighted by molar-refractivity contribution is 5.80. The van der Waals surface area contributed by atoms with Crippen molar-refractivity contribution < 1.29 is 14.3 Å². The van der Waals surface area contributed by atoms with E-state index in [1.807, 2.05) is 25.1 Å². The van der Waals surface area contributed by atoms with Crippen LogP contribution < -0.4 is 15.4 Å².